The van der Waals surface area contributed by atoms with Crippen LogP contribution in [0, 0.1) is 0 Å². The molecule has 1 fully saturated rings. The van der Waals surface area contributed by atoms with E-state index in [0.29, 0.717) is 6.54 Å². The first-order chi connectivity index (χ1) is 16.5. The summed E-state index contributed by atoms with van der Waals surface area (Å²) in [4.78, 5) is 20.5. The lowest BCUT2D eigenvalue weighted by molar-refractivity contribution is 0.0697. The fraction of sp³-hybridized carbons (Fsp3) is 0.231. The van der Waals surface area contributed by atoms with E-state index in [1.54, 1.807) is 31.4 Å². The van der Waals surface area contributed by atoms with Gasteiger partial charge in [-0.1, -0.05) is 35.9 Å². The number of hydrogen-bond donors (Lipinski definition) is 2. The second-order valence-electron chi connectivity index (χ2n) is 7.92. The van der Waals surface area contributed by atoms with Gasteiger partial charge in [0.1, 0.15) is 5.75 Å². The monoisotopic (exact) mass is 478 g/mol. The molecule has 0 bridgehead atoms. The largest absolute Gasteiger partial charge is 0.497 e. The molecule has 0 unspecified atom stereocenters. The molecule has 0 spiro atoms. The van der Waals surface area contributed by atoms with E-state index in [1.807, 2.05) is 48.5 Å². The number of aliphatic imine (C=N–C) groups is 1. The predicted molar refractivity (Wildman–Crippen MR) is 136 cm³/mol. The Labute approximate surface area is 204 Å². The van der Waals surface area contributed by atoms with Crippen molar-refractivity contribution in [3.05, 3.63) is 88.9 Å². The average molecular weight is 479 g/mol. The summed E-state index contributed by atoms with van der Waals surface area (Å²) in [5.74, 6) is 0.582. The SMILES string of the molecule is COc1cccc(CN=C(Nc2ccc(C(=O)O)cc2)N2CCN(c3ccccc3Cl)CC2)c1. The zero-order chi connectivity index (χ0) is 23.9. The van der Waals surface area contributed by atoms with E-state index < -0.39 is 5.97 Å². The molecule has 1 saturated heterocycles. The molecule has 0 radical (unpaired) electrons. The molecule has 1 aliphatic heterocycles. The van der Waals surface area contributed by atoms with E-state index in [9.17, 15) is 9.90 Å². The summed E-state index contributed by atoms with van der Waals surface area (Å²) in [6.45, 7) is 3.63. The number of ether oxygens (including phenoxy) is 1. The normalized spacial score (nSPS) is 14.1. The summed E-state index contributed by atoms with van der Waals surface area (Å²) in [7, 11) is 1.65. The van der Waals surface area contributed by atoms with Crippen molar-refractivity contribution in [3.8, 4) is 5.75 Å². The maximum absolute atomic E-state index is 11.2. The highest BCUT2D eigenvalue weighted by Crippen LogP contribution is 2.26. The summed E-state index contributed by atoms with van der Waals surface area (Å²) >= 11 is 6.40. The molecule has 1 heterocycles. The third kappa shape index (κ3) is 5.80. The quantitative estimate of drug-likeness (QED) is 0.390. The van der Waals surface area contributed by atoms with E-state index in [0.717, 1.165) is 59.8 Å². The molecule has 2 N–H and O–H groups in total. The first-order valence-corrected chi connectivity index (χ1v) is 11.4. The number of para-hydroxylation sites is 1. The van der Waals surface area contributed by atoms with Gasteiger partial charge in [-0.3, -0.25) is 0 Å². The van der Waals surface area contributed by atoms with Gasteiger partial charge in [0.15, 0.2) is 5.96 Å². The third-order valence-corrected chi connectivity index (χ3v) is 6.03. The molecular weight excluding hydrogens is 452 g/mol. The first kappa shape index (κ1) is 23.4. The molecule has 0 saturated carbocycles. The topological polar surface area (TPSA) is 77.4 Å². The van der Waals surface area contributed by atoms with Crippen LogP contribution in [0.25, 0.3) is 0 Å². The van der Waals surface area contributed by atoms with E-state index in [1.165, 1.54) is 0 Å². The Kier molecular flexibility index (Phi) is 7.54. The number of rotatable bonds is 6. The van der Waals surface area contributed by atoms with Crippen LogP contribution in [0.4, 0.5) is 11.4 Å². The summed E-state index contributed by atoms with van der Waals surface area (Å²) in [5, 5.41) is 13.3. The van der Waals surface area contributed by atoms with Crippen LogP contribution >= 0.6 is 11.6 Å². The molecule has 3 aromatic rings. The second-order valence-corrected chi connectivity index (χ2v) is 8.33. The molecule has 8 heteroatoms. The number of guanidine groups is 1. The Morgan fingerprint density at radius 2 is 1.76 bits per heavy atom. The number of nitrogens with zero attached hydrogens (tertiary/aromatic N) is 3. The van der Waals surface area contributed by atoms with Crippen molar-refractivity contribution in [2.75, 3.05) is 43.5 Å². The van der Waals surface area contributed by atoms with E-state index in [2.05, 4.69) is 15.1 Å². The van der Waals surface area contributed by atoms with Crippen LogP contribution in [0.1, 0.15) is 15.9 Å². The number of aromatic carboxylic acids is 1. The van der Waals surface area contributed by atoms with Crippen molar-refractivity contribution in [2.45, 2.75) is 6.54 Å². The predicted octanol–water partition coefficient (Wildman–Crippen LogP) is 4.84. The van der Waals surface area contributed by atoms with Gasteiger partial charge in [-0.25, -0.2) is 9.79 Å². The van der Waals surface area contributed by atoms with Crippen molar-refractivity contribution in [2.24, 2.45) is 4.99 Å². The number of piperazine rings is 1. The molecule has 176 valence electrons. The van der Waals surface area contributed by atoms with Crippen LogP contribution in [0.2, 0.25) is 5.02 Å². The minimum atomic E-state index is -0.950. The lowest BCUT2D eigenvalue weighted by atomic mass is 10.2. The van der Waals surface area contributed by atoms with Crippen LogP contribution in [0.3, 0.4) is 0 Å². The van der Waals surface area contributed by atoms with Gasteiger partial charge >= 0.3 is 5.97 Å². The molecule has 0 amide bonds. The molecule has 0 atom stereocenters. The molecule has 0 aromatic heterocycles. The molecular formula is C26H27ClN4O3. The van der Waals surface area contributed by atoms with Crippen LogP contribution < -0.4 is 15.0 Å². The fourth-order valence-corrected chi connectivity index (χ4v) is 4.10. The van der Waals surface area contributed by atoms with E-state index in [-0.39, 0.29) is 5.56 Å². The zero-order valence-electron chi connectivity index (χ0n) is 18.9. The Morgan fingerprint density at radius 3 is 2.44 bits per heavy atom. The van der Waals surface area contributed by atoms with Crippen LogP contribution in [-0.4, -0.2) is 55.2 Å². The van der Waals surface area contributed by atoms with Gasteiger partial charge in [-0.2, -0.15) is 0 Å². The van der Waals surface area contributed by atoms with E-state index in [4.69, 9.17) is 21.3 Å². The maximum Gasteiger partial charge on any atom is 0.335 e. The van der Waals surface area contributed by atoms with Crippen LogP contribution in [0.5, 0.6) is 5.75 Å². The Morgan fingerprint density at radius 1 is 1.03 bits per heavy atom. The number of nitrogens with one attached hydrogen (secondary N) is 1. The molecule has 34 heavy (non-hydrogen) atoms. The molecule has 0 aliphatic carbocycles. The summed E-state index contributed by atoms with van der Waals surface area (Å²) in [5.41, 5.74) is 3.10. The molecule has 7 nitrogen and oxygen atoms in total. The van der Waals surface area contributed by atoms with Gasteiger partial charge in [-0.05, 0) is 54.1 Å². The van der Waals surface area contributed by atoms with Crippen molar-refractivity contribution < 1.29 is 14.6 Å². The van der Waals surface area contributed by atoms with Gasteiger partial charge in [0.05, 0.1) is 29.9 Å². The van der Waals surface area contributed by atoms with Gasteiger partial charge in [0.25, 0.3) is 0 Å². The first-order valence-electron chi connectivity index (χ1n) is 11.1. The van der Waals surface area contributed by atoms with E-state index >= 15 is 0 Å². The summed E-state index contributed by atoms with van der Waals surface area (Å²) in [6, 6.07) is 22.4. The highest BCUT2D eigenvalue weighted by Gasteiger charge is 2.21. The Balaban J connectivity index is 1.52. The van der Waals surface area contributed by atoms with Crippen LogP contribution in [0.15, 0.2) is 77.8 Å². The van der Waals surface area contributed by atoms with Crippen molar-refractivity contribution in [1.82, 2.24) is 4.90 Å². The second kappa shape index (κ2) is 10.9. The van der Waals surface area contributed by atoms with Crippen molar-refractivity contribution in [3.63, 3.8) is 0 Å². The maximum atomic E-state index is 11.2. The van der Waals surface area contributed by atoms with Gasteiger partial charge in [0, 0.05) is 31.9 Å². The molecule has 1 aliphatic rings. The number of hydrogen-bond acceptors (Lipinski definition) is 4. The van der Waals surface area contributed by atoms with Crippen molar-refractivity contribution in [1.29, 1.82) is 0 Å². The van der Waals surface area contributed by atoms with Gasteiger partial charge in [-0.15, -0.1) is 0 Å². The zero-order valence-corrected chi connectivity index (χ0v) is 19.7. The standard InChI is InChI=1S/C26H27ClN4O3/c1-34-22-6-4-5-19(17-22)18-28-26(29-21-11-9-20(10-12-21)25(32)33)31-15-13-30(14-16-31)24-8-3-2-7-23(24)27/h2-12,17H,13-16,18H2,1H3,(H,28,29)(H,32,33). The fourth-order valence-electron chi connectivity index (χ4n) is 3.85. The smallest absolute Gasteiger partial charge is 0.335 e. The van der Waals surface area contributed by atoms with Crippen molar-refractivity contribution >= 4 is 34.9 Å². The lowest BCUT2D eigenvalue weighted by Crippen LogP contribution is -2.50. The molecule has 4 rings (SSSR count). The highest BCUT2D eigenvalue weighted by molar-refractivity contribution is 6.33. The van der Waals surface area contributed by atoms with Crippen LogP contribution in [-0.2, 0) is 6.54 Å². The highest BCUT2D eigenvalue weighted by atomic mass is 35.5. The Hall–Kier alpha value is -3.71. The van der Waals surface area contributed by atoms with Gasteiger partial charge in [0.2, 0.25) is 0 Å². The third-order valence-electron chi connectivity index (χ3n) is 5.71. The summed E-state index contributed by atoms with van der Waals surface area (Å²) in [6.07, 6.45) is 0. The number of anilines is 2. The number of carboxylic acid groups (broad SMARTS) is 1. The number of methoxy groups -OCH3 is 1. The van der Waals surface area contributed by atoms with Gasteiger partial charge < -0.3 is 25.0 Å². The summed E-state index contributed by atoms with van der Waals surface area (Å²) < 4.78 is 5.33. The average Bonchev–Trinajstić information content (AvgIpc) is 2.87. The minimum absolute atomic E-state index is 0.244. The number of carboxylic acids is 1. The molecule has 3 aromatic carbocycles. The number of carbonyl (C=O) groups is 1. The number of benzene rings is 3. The lowest BCUT2D eigenvalue weighted by Gasteiger charge is -2.38. The number of halogens is 1. The minimum Gasteiger partial charge on any atom is -0.497 e. The Bertz CT molecular complexity index is 1160.